The Morgan fingerprint density at radius 1 is 1.08 bits per heavy atom. The zero-order valence-electron chi connectivity index (χ0n) is 13.9. The fourth-order valence-corrected chi connectivity index (χ4v) is 3.24. The van der Waals surface area contributed by atoms with Gasteiger partial charge in [0.2, 0.25) is 5.91 Å². The minimum absolute atomic E-state index is 0.137. The average molecular weight is 372 g/mol. The predicted molar refractivity (Wildman–Crippen MR) is 96.3 cm³/mol. The fraction of sp³-hybridized carbons (Fsp3) is 0.158. The lowest BCUT2D eigenvalue weighted by Crippen LogP contribution is -2.45. The third-order valence-electron chi connectivity index (χ3n) is 3.80. The van der Waals surface area contributed by atoms with Crippen LogP contribution in [0.25, 0.3) is 0 Å². The highest BCUT2D eigenvalue weighted by atomic mass is 32.1. The summed E-state index contributed by atoms with van der Waals surface area (Å²) in [6.45, 7) is 1.59. The molecule has 0 aliphatic heterocycles. The maximum atomic E-state index is 13.2. The quantitative estimate of drug-likeness (QED) is 0.696. The molecule has 2 heterocycles. The number of hydrogen-bond donors (Lipinski definition) is 2. The second kappa shape index (κ2) is 7.97. The molecule has 26 heavy (non-hydrogen) atoms. The van der Waals surface area contributed by atoms with Crippen molar-refractivity contribution in [2.45, 2.75) is 19.0 Å². The summed E-state index contributed by atoms with van der Waals surface area (Å²) in [5.74, 6) is -1.03. The van der Waals surface area contributed by atoms with Crippen LogP contribution in [0, 0.1) is 5.82 Å². The van der Waals surface area contributed by atoms with Gasteiger partial charge in [0, 0.05) is 4.88 Å². The van der Waals surface area contributed by atoms with Crippen LogP contribution in [0.4, 0.5) is 4.39 Å². The zero-order chi connectivity index (χ0) is 18.5. The summed E-state index contributed by atoms with van der Waals surface area (Å²) in [5.41, 5.74) is 0.756. The standard InChI is InChI=1S/C19H17FN2O3S/c1-12(21-19(24)15-4-2-10-25-15)18(23)22-17(16-5-3-11-26-16)13-6-8-14(20)9-7-13/h2-12,17H,1H3,(H,21,24)(H,22,23). The van der Waals surface area contributed by atoms with Gasteiger partial charge in [-0.2, -0.15) is 0 Å². The summed E-state index contributed by atoms with van der Waals surface area (Å²) < 4.78 is 18.2. The Bertz CT molecular complexity index is 861. The molecule has 0 aliphatic rings. The molecule has 0 spiro atoms. The highest BCUT2D eigenvalue weighted by Gasteiger charge is 2.23. The van der Waals surface area contributed by atoms with Crippen molar-refractivity contribution in [2.75, 3.05) is 0 Å². The van der Waals surface area contributed by atoms with Gasteiger partial charge in [-0.05, 0) is 48.2 Å². The van der Waals surface area contributed by atoms with E-state index in [1.165, 1.54) is 35.8 Å². The Morgan fingerprint density at radius 2 is 1.85 bits per heavy atom. The number of hydrogen-bond acceptors (Lipinski definition) is 4. The molecular weight excluding hydrogens is 355 g/mol. The van der Waals surface area contributed by atoms with Crippen molar-refractivity contribution in [3.05, 3.63) is 82.2 Å². The van der Waals surface area contributed by atoms with E-state index in [0.29, 0.717) is 0 Å². The number of halogens is 1. The van der Waals surface area contributed by atoms with Gasteiger partial charge in [-0.15, -0.1) is 11.3 Å². The van der Waals surface area contributed by atoms with Crippen LogP contribution in [0.5, 0.6) is 0 Å². The topological polar surface area (TPSA) is 71.3 Å². The maximum Gasteiger partial charge on any atom is 0.287 e. The second-order valence-electron chi connectivity index (χ2n) is 5.68. The number of carbonyl (C=O) groups excluding carboxylic acids is 2. The molecule has 2 aromatic heterocycles. The van der Waals surface area contributed by atoms with E-state index < -0.39 is 18.0 Å². The Hall–Kier alpha value is -2.93. The van der Waals surface area contributed by atoms with Crippen LogP contribution in [0.15, 0.2) is 64.6 Å². The van der Waals surface area contributed by atoms with Gasteiger partial charge < -0.3 is 15.1 Å². The van der Waals surface area contributed by atoms with E-state index in [4.69, 9.17) is 4.42 Å². The van der Waals surface area contributed by atoms with E-state index >= 15 is 0 Å². The van der Waals surface area contributed by atoms with Crippen LogP contribution < -0.4 is 10.6 Å². The number of nitrogens with one attached hydrogen (secondary N) is 2. The molecule has 2 unspecified atom stereocenters. The lowest BCUT2D eigenvalue weighted by molar-refractivity contribution is -0.123. The van der Waals surface area contributed by atoms with Crippen molar-refractivity contribution >= 4 is 23.2 Å². The third kappa shape index (κ3) is 4.18. The van der Waals surface area contributed by atoms with Crippen molar-refractivity contribution in [1.29, 1.82) is 0 Å². The van der Waals surface area contributed by atoms with E-state index in [0.717, 1.165) is 10.4 Å². The van der Waals surface area contributed by atoms with Gasteiger partial charge >= 0.3 is 0 Å². The first kappa shape index (κ1) is 17.9. The molecule has 2 amide bonds. The lowest BCUT2D eigenvalue weighted by atomic mass is 10.0. The molecule has 0 aliphatic carbocycles. The van der Waals surface area contributed by atoms with Crippen LogP contribution in [0.2, 0.25) is 0 Å². The summed E-state index contributed by atoms with van der Waals surface area (Å²) in [6, 6.07) is 11.7. The summed E-state index contributed by atoms with van der Waals surface area (Å²) in [6.07, 6.45) is 1.39. The molecule has 0 saturated carbocycles. The number of benzene rings is 1. The molecule has 3 aromatic rings. The van der Waals surface area contributed by atoms with Crippen LogP contribution >= 0.6 is 11.3 Å². The number of thiophene rings is 1. The van der Waals surface area contributed by atoms with Crippen molar-refractivity contribution in [1.82, 2.24) is 10.6 Å². The molecule has 0 fully saturated rings. The van der Waals surface area contributed by atoms with Crippen molar-refractivity contribution in [2.24, 2.45) is 0 Å². The minimum atomic E-state index is -0.768. The number of rotatable bonds is 6. The summed E-state index contributed by atoms with van der Waals surface area (Å²) >= 11 is 1.48. The van der Waals surface area contributed by atoms with Gasteiger partial charge in [-0.3, -0.25) is 9.59 Å². The van der Waals surface area contributed by atoms with Crippen LogP contribution in [-0.4, -0.2) is 17.9 Å². The molecular formula is C19H17FN2O3S. The third-order valence-corrected chi connectivity index (χ3v) is 4.74. The summed E-state index contributed by atoms with van der Waals surface area (Å²) in [4.78, 5) is 25.5. The average Bonchev–Trinajstić information content (AvgIpc) is 3.34. The van der Waals surface area contributed by atoms with E-state index in [1.54, 1.807) is 25.1 Å². The zero-order valence-corrected chi connectivity index (χ0v) is 14.8. The van der Waals surface area contributed by atoms with E-state index in [9.17, 15) is 14.0 Å². The molecule has 3 rings (SSSR count). The summed E-state index contributed by atoms with van der Waals surface area (Å²) in [7, 11) is 0. The maximum absolute atomic E-state index is 13.2. The van der Waals surface area contributed by atoms with Crippen LogP contribution in [-0.2, 0) is 4.79 Å². The lowest BCUT2D eigenvalue weighted by Gasteiger charge is -2.21. The molecule has 5 nitrogen and oxygen atoms in total. The normalized spacial score (nSPS) is 13.0. The molecule has 134 valence electrons. The van der Waals surface area contributed by atoms with E-state index in [1.807, 2.05) is 17.5 Å². The molecule has 0 bridgehead atoms. The van der Waals surface area contributed by atoms with Gasteiger partial charge in [-0.25, -0.2) is 4.39 Å². The van der Waals surface area contributed by atoms with Crippen molar-refractivity contribution in [3.8, 4) is 0 Å². The first-order valence-electron chi connectivity index (χ1n) is 7.98. The number of furan rings is 1. The largest absolute Gasteiger partial charge is 0.459 e. The smallest absolute Gasteiger partial charge is 0.287 e. The van der Waals surface area contributed by atoms with Crippen LogP contribution in [0.3, 0.4) is 0 Å². The highest BCUT2D eigenvalue weighted by Crippen LogP contribution is 2.26. The van der Waals surface area contributed by atoms with Gasteiger partial charge in [0.15, 0.2) is 5.76 Å². The Morgan fingerprint density at radius 3 is 2.46 bits per heavy atom. The fourth-order valence-electron chi connectivity index (χ4n) is 2.44. The molecule has 0 radical (unpaired) electrons. The molecule has 0 saturated heterocycles. The van der Waals surface area contributed by atoms with Gasteiger partial charge in [0.25, 0.3) is 5.91 Å². The first-order valence-corrected chi connectivity index (χ1v) is 8.86. The van der Waals surface area contributed by atoms with Gasteiger partial charge in [0.05, 0.1) is 12.3 Å². The Labute approximate surface area is 153 Å². The molecule has 2 atom stereocenters. The highest BCUT2D eigenvalue weighted by molar-refractivity contribution is 7.10. The van der Waals surface area contributed by atoms with Gasteiger partial charge in [0.1, 0.15) is 11.9 Å². The Balaban J connectivity index is 1.73. The number of amides is 2. The van der Waals surface area contributed by atoms with Crippen molar-refractivity contribution in [3.63, 3.8) is 0 Å². The van der Waals surface area contributed by atoms with Crippen LogP contribution in [0.1, 0.15) is 34.0 Å². The molecule has 1 aromatic carbocycles. The predicted octanol–water partition coefficient (Wildman–Crippen LogP) is 3.50. The second-order valence-corrected chi connectivity index (χ2v) is 6.66. The molecule has 2 N–H and O–H groups in total. The van der Waals surface area contributed by atoms with E-state index in [2.05, 4.69) is 10.6 Å². The molecule has 7 heteroatoms. The van der Waals surface area contributed by atoms with Crippen molar-refractivity contribution < 1.29 is 18.4 Å². The van der Waals surface area contributed by atoms with Gasteiger partial charge in [-0.1, -0.05) is 18.2 Å². The first-order chi connectivity index (χ1) is 12.5. The van der Waals surface area contributed by atoms with E-state index in [-0.39, 0.29) is 17.5 Å². The SMILES string of the molecule is CC(NC(=O)c1ccco1)C(=O)NC(c1ccc(F)cc1)c1cccs1. The Kier molecular flexibility index (Phi) is 5.48. The monoisotopic (exact) mass is 372 g/mol. The number of carbonyl (C=O) groups is 2. The summed E-state index contributed by atoms with van der Waals surface area (Å²) in [5, 5.41) is 7.40. The minimum Gasteiger partial charge on any atom is -0.459 e.